The van der Waals surface area contributed by atoms with Gasteiger partial charge in [-0.2, -0.15) is 0 Å². The van der Waals surface area contributed by atoms with E-state index in [1.165, 1.54) is 11.8 Å². The topological polar surface area (TPSA) is 66.9 Å². The maximum Gasteiger partial charge on any atom is 0.275 e. The smallest absolute Gasteiger partial charge is 0.275 e. The maximum atomic E-state index is 12.3. The van der Waals surface area contributed by atoms with Crippen LogP contribution in [0.1, 0.15) is 41.4 Å². The molecule has 0 unspecified atom stereocenters. The molecule has 2 aromatic carbocycles. The van der Waals surface area contributed by atoms with Crippen LogP contribution in [0.5, 0.6) is 0 Å². The highest BCUT2D eigenvalue weighted by Crippen LogP contribution is 2.19. The third kappa shape index (κ3) is 4.25. The minimum absolute atomic E-state index is 0.272. The maximum absolute atomic E-state index is 12.3. The fourth-order valence-electron chi connectivity index (χ4n) is 2.51. The van der Waals surface area contributed by atoms with Crippen molar-refractivity contribution in [2.75, 3.05) is 10.6 Å². The van der Waals surface area contributed by atoms with Crippen molar-refractivity contribution in [2.45, 2.75) is 26.7 Å². The molecule has 3 aromatic rings. The first-order chi connectivity index (χ1) is 12.5. The summed E-state index contributed by atoms with van der Waals surface area (Å²) in [5.41, 5.74) is 4.25. The number of benzene rings is 2. The van der Waals surface area contributed by atoms with Crippen LogP contribution < -0.4 is 10.6 Å². The van der Waals surface area contributed by atoms with E-state index in [1.54, 1.807) is 6.20 Å². The van der Waals surface area contributed by atoms with Crippen molar-refractivity contribution in [2.24, 2.45) is 0 Å². The van der Waals surface area contributed by atoms with Crippen molar-refractivity contribution in [1.82, 2.24) is 9.97 Å². The molecule has 1 amide bonds. The van der Waals surface area contributed by atoms with Gasteiger partial charge >= 0.3 is 0 Å². The average Bonchev–Trinajstić information content (AvgIpc) is 2.64. The summed E-state index contributed by atoms with van der Waals surface area (Å²) in [5.74, 6) is 0.810. The van der Waals surface area contributed by atoms with Gasteiger partial charge in [0, 0.05) is 11.4 Å². The highest BCUT2D eigenvalue weighted by molar-refractivity contribution is 6.03. The number of hydrogen-bond donors (Lipinski definition) is 2. The van der Waals surface area contributed by atoms with E-state index in [0.717, 1.165) is 16.9 Å². The molecule has 0 aliphatic heterocycles. The van der Waals surface area contributed by atoms with Gasteiger partial charge in [0.05, 0.1) is 12.4 Å². The number of rotatable bonds is 5. The van der Waals surface area contributed by atoms with Gasteiger partial charge in [-0.05, 0) is 42.2 Å². The van der Waals surface area contributed by atoms with Crippen LogP contribution in [0.15, 0.2) is 60.9 Å². The molecule has 0 atom stereocenters. The number of nitrogens with one attached hydrogen (secondary N) is 2. The van der Waals surface area contributed by atoms with Gasteiger partial charge < -0.3 is 10.6 Å². The van der Waals surface area contributed by atoms with E-state index < -0.39 is 0 Å². The molecule has 132 valence electrons. The van der Waals surface area contributed by atoms with Gasteiger partial charge in [0.2, 0.25) is 0 Å². The van der Waals surface area contributed by atoms with Crippen LogP contribution in [0.2, 0.25) is 0 Å². The third-order valence-corrected chi connectivity index (χ3v) is 4.13. The second-order valence-corrected chi connectivity index (χ2v) is 6.46. The standard InChI is InChI=1S/C21H22N4O/c1-14(2)16-8-10-17(11-9-16)24-20-13-22-19(12-23-20)21(26)25-18-7-5-4-6-15(18)3/h4-14H,1-3H3,(H,23,24)(H,25,26). The fourth-order valence-corrected chi connectivity index (χ4v) is 2.51. The number of carbonyl (C=O) groups is 1. The molecule has 0 saturated carbocycles. The van der Waals surface area contributed by atoms with E-state index in [4.69, 9.17) is 0 Å². The van der Waals surface area contributed by atoms with Crippen molar-refractivity contribution in [3.05, 3.63) is 77.7 Å². The molecule has 0 fully saturated rings. The minimum Gasteiger partial charge on any atom is -0.339 e. The molecule has 0 aliphatic carbocycles. The minimum atomic E-state index is -0.278. The number of nitrogens with zero attached hydrogens (tertiary/aromatic N) is 2. The van der Waals surface area contributed by atoms with Crippen molar-refractivity contribution in [3.8, 4) is 0 Å². The first-order valence-electron chi connectivity index (χ1n) is 8.59. The highest BCUT2D eigenvalue weighted by Gasteiger charge is 2.10. The van der Waals surface area contributed by atoms with Crippen LogP contribution in [0, 0.1) is 6.92 Å². The third-order valence-electron chi connectivity index (χ3n) is 4.13. The molecule has 0 radical (unpaired) electrons. The Kier molecular flexibility index (Phi) is 5.27. The SMILES string of the molecule is Cc1ccccc1NC(=O)c1cnc(Nc2ccc(C(C)C)cc2)cn1. The second-order valence-electron chi connectivity index (χ2n) is 6.46. The van der Waals surface area contributed by atoms with Crippen LogP contribution in [-0.2, 0) is 0 Å². The zero-order valence-corrected chi connectivity index (χ0v) is 15.2. The van der Waals surface area contributed by atoms with Crippen LogP contribution in [0.4, 0.5) is 17.2 Å². The van der Waals surface area contributed by atoms with E-state index >= 15 is 0 Å². The van der Waals surface area contributed by atoms with Crippen LogP contribution in [-0.4, -0.2) is 15.9 Å². The van der Waals surface area contributed by atoms with Gasteiger partial charge in [0.15, 0.2) is 0 Å². The Morgan fingerprint density at radius 3 is 2.31 bits per heavy atom. The van der Waals surface area contributed by atoms with E-state index in [2.05, 4.69) is 46.6 Å². The Balaban J connectivity index is 1.66. The molecule has 1 heterocycles. The van der Waals surface area contributed by atoms with Crippen LogP contribution in [0.25, 0.3) is 0 Å². The first-order valence-corrected chi connectivity index (χ1v) is 8.59. The van der Waals surface area contributed by atoms with Crippen molar-refractivity contribution in [3.63, 3.8) is 0 Å². The summed E-state index contributed by atoms with van der Waals surface area (Å²) in [7, 11) is 0. The van der Waals surface area contributed by atoms with E-state index in [0.29, 0.717) is 11.7 Å². The largest absolute Gasteiger partial charge is 0.339 e. The summed E-state index contributed by atoms with van der Waals surface area (Å²) in [6.45, 7) is 6.27. The molecule has 0 aliphatic rings. The summed E-state index contributed by atoms with van der Waals surface area (Å²) >= 11 is 0. The summed E-state index contributed by atoms with van der Waals surface area (Å²) in [6, 6.07) is 15.8. The van der Waals surface area contributed by atoms with Crippen LogP contribution >= 0.6 is 0 Å². The Labute approximate surface area is 153 Å². The van der Waals surface area contributed by atoms with Gasteiger partial charge in [-0.15, -0.1) is 0 Å². The number of hydrogen-bond acceptors (Lipinski definition) is 4. The Hall–Kier alpha value is -3.21. The van der Waals surface area contributed by atoms with E-state index in [1.807, 2.05) is 43.3 Å². The summed E-state index contributed by atoms with van der Waals surface area (Å²) in [4.78, 5) is 20.8. The van der Waals surface area contributed by atoms with Gasteiger partial charge in [-0.25, -0.2) is 9.97 Å². The lowest BCUT2D eigenvalue weighted by Gasteiger charge is -2.09. The predicted octanol–water partition coefficient (Wildman–Crippen LogP) is 4.90. The molecule has 0 spiro atoms. The fraction of sp³-hybridized carbons (Fsp3) is 0.190. The number of aryl methyl sites for hydroxylation is 1. The zero-order valence-electron chi connectivity index (χ0n) is 15.2. The Morgan fingerprint density at radius 2 is 1.69 bits per heavy atom. The summed E-state index contributed by atoms with van der Waals surface area (Å²) in [5, 5.41) is 6.04. The number of anilines is 3. The number of carbonyl (C=O) groups excluding carboxylic acids is 1. The van der Waals surface area contributed by atoms with E-state index in [9.17, 15) is 4.79 Å². The van der Waals surface area contributed by atoms with Gasteiger partial charge in [-0.1, -0.05) is 44.2 Å². The molecule has 1 aromatic heterocycles. The molecule has 26 heavy (non-hydrogen) atoms. The Morgan fingerprint density at radius 1 is 0.962 bits per heavy atom. The lowest BCUT2D eigenvalue weighted by Crippen LogP contribution is -2.15. The zero-order chi connectivity index (χ0) is 18.5. The molecular formula is C21H22N4O. The normalized spacial score (nSPS) is 10.6. The molecule has 5 heteroatoms. The molecule has 0 saturated heterocycles. The number of para-hydroxylation sites is 1. The number of amides is 1. The molecule has 2 N–H and O–H groups in total. The number of aromatic nitrogens is 2. The Bertz CT molecular complexity index is 887. The van der Waals surface area contributed by atoms with Crippen molar-refractivity contribution < 1.29 is 4.79 Å². The summed E-state index contributed by atoms with van der Waals surface area (Å²) in [6.07, 6.45) is 3.03. The average molecular weight is 346 g/mol. The van der Waals surface area contributed by atoms with Gasteiger partial charge in [-0.3, -0.25) is 4.79 Å². The molecule has 3 rings (SSSR count). The van der Waals surface area contributed by atoms with Gasteiger partial charge in [0.25, 0.3) is 5.91 Å². The first kappa shape index (κ1) is 17.6. The summed E-state index contributed by atoms with van der Waals surface area (Å²) < 4.78 is 0. The van der Waals surface area contributed by atoms with Crippen molar-refractivity contribution in [1.29, 1.82) is 0 Å². The molecule has 5 nitrogen and oxygen atoms in total. The van der Waals surface area contributed by atoms with Crippen molar-refractivity contribution >= 4 is 23.1 Å². The highest BCUT2D eigenvalue weighted by atomic mass is 16.1. The lowest BCUT2D eigenvalue weighted by atomic mass is 10.0. The molecule has 0 bridgehead atoms. The van der Waals surface area contributed by atoms with Crippen LogP contribution in [0.3, 0.4) is 0 Å². The van der Waals surface area contributed by atoms with E-state index in [-0.39, 0.29) is 11.6 Å². The molecular weight excluding hydrogens is 324 g/mol. The lowest BCUT2D eigenvalue weighted by molar-refractivity contribution is 0.102. The quantitative estimate of drug-likeness (QED) is 0.689. The second kappa shape index (κ2) is 7.78. The predicted molar refractivity (Wildman–Crippen MR) is 105 cm³/mol. The van der Waals surface area contributed by atoms with Gasteiger partial charge in [0.1, 0.15) is 11.5 Å². The monoisotopic (exact) mass is 346 g/mol.